The van der Waals surface area contributed by atoms with Crippen molar-refractivity contribution in [2.45, 2.75) is 32.7 Å². The fourth-order valence-corrected chi connectivity index (χ4v) is 3.61. The molecule has 2 aromatic heterocycles. The molecule has 2 heterocycles. The highest BCUT2D eigenvalue weighted by atomic mass is 16.4. The van der Waals surface area contributed by atoms with Crippen molar-refractivity contribution in [1.82, 2.24) is 19.5 Å². The molecule has 4 aromatic rings. The Bertz CT molecular complexity index is 1260. The summed E-state index contributed by atoms with van der Waals surface area (Å²) >= 11 is 0. The van der Waals surface area contributed by atoms with Crippen molar-refractivity contribution < 1.29 is 9.90 Å². The zero-order chi connectivity index (χ0) is 21.1. The van der Waals surface area contributed by atoms with E-state index in [1.54, 1.807) is 18.2 Å². The fourth-order valence-electron chi connectivity index (χ4n) is 3.61. The smallest absolute Gasteiger partial charge is 0.336 e. The van der Waals surface area contributed by atoms with Crippen LogP contribution in [0.5, 0.6) is 0 Å². The van der Waals surface area contributed by atoms with Gasteiger partial charge in [-0.1, -0.05) is 55.8 Å². The number of aromatic nitrogens is 4. The van der Waals surface area contributed by atoms with Crippen LogP contribution in [-0.4, -0.2) is 30.6 Å². The van der Waals surface area contributed by atoms with Crippen molar-refractivity contribution in [3.63, 3.8) is 0 Å². The van der Waals surface area contributed by atoms with Crippen LogP contribution >= 0.6 is 0 Å². The van der Waals surface area contributed by atoms with Gasteiger partial charge in [-0.15, -0.1) is 0 Å². The van der Waals surface area contributed by atoms with Gasteiger partial charge in [0.15, 0.2) is 11.2 Å². The standard InChI is InChI=1S/C23H22N4O3/c1-2-3-8-19-26-21-20(22(28)25-14-24-21)27(19)13-15-9-11-16(12-10-15)17-6-4-5-7-18(17)23(29)30/h4-7,9-12,14H,2-3,8,13H2,1H3,(H,29,30)(H,24,25,28). The van der Waals surface area contributed by atoms with Crippen LogP contribution in [0.3, 0.4) is 0 Å². The van der Waals surface area contributed by atoms with E-state index in [4.69, 9.17) is 0 Å². The zero-order valence-corrected chi connectivity index (χ0v) is 16.6. The van der Waals surface area contributed by atoms with Crippen molar-refractivity contribution >= 4 is 17.1 Å². The Labute approximate surface area is 173 Å². The van der Waals surface area contributed by atoms with Gasteiger partial charge in [-0.2, -0.15) is 0 Å². The van der Waals surface area contributed by atoms with E-state index in [1.807, 2.05) is 34.9 Å². The molecule has 4 rings (SSSR count). The lowest BCUT2D eigenvalue weighted by Crippen LogP contribution is -2.13. The largest absolute Gasteiger partial charge is 0.478 e. The van der Waals surface area contributed by atoms with Gasteiger partial charge in [-0.25, -0.2) is 14.8 Å². The molecule has 0 unspecified atom stereocenters. The number of aryl methyl sites for hydroxylation is 1. The number of carboxylic acids is 1. The van der Waals surface area contributed by atoms with Gasteiger partial charge in [0.2, 0.25) is 0 Å². The minimum Gasteiger partial charge on any atom is -0.478 e. The first-order valence-corrected chi connectivity index (χ1v) is 9.93. The number of H-pyrrole nitrogens is 1. The molecule has 0 aliphatic heterocycles. The molecule has 0 atom stereocenters. The molecule has 0 radical (unpaired) electrons. The number of hydrogen-bond donors (Lipinski definition) is 2. The first-order chi connectivity index (χ1) is 14.6. The van der Waals surface area contributed by atoms with Gasteiger partial charge in [-0.3, -0.25) is 4.79 Å². The molecule has 7 heteroatoms. The predicted octanol–water partition coefficient (Wildman–Crippen LogP) is 3.88. The number of nitrogens with zero attached hydrogens (tertiary/aromatic N) is 3. The quantitative estimate of drug-likeness (QED) is 0.489. The number of aromatic carboxylic acids is 1. The SMILES string of the molecule is CCCCc1nc2nc[nH]c(=O)c2n1Cc1ccc(-c2ccccc2C(=O)O)cc1. The summed E-state index contributed by atoms with van der Waals surface area (Å²) in [6, 6.07) is 14.7. The molecule has 152 valence electrons. The highest BCUT2D eigenvalue weighted by Crippen LogP contribution is 2.25. The van der Waals surface area contributed by atoms with E-state index < -0.39 is 5.97 Å². The number of rotatable bonds is 7. The van der Waals surface area contributed by atoms with Crippen LogP contribution < -0.4 is 5.56 Å². The van der Waals surface area contributed by atoms with Crippen LogP contribution in [0.2, 0.25) is 0 Å². The minimum atomic E-state index is -0.952. The molecular weight excluding hydrogens is 380 g/mol. The molecule has 0 bridgehead atoms. The normalized spacial score (nSPS) is 11.1. The molecule has 0 amide bonds. The molecule has 0 aliphatic carbocycles. The molecule has 0 spiro atoms. The van der Waals surface area contributed by atoms with Crippen LogP contribution in [0.15, 0.2) is 59.7 Å². The van der Waals surface area contributed by atoms with Crippen LogP contribution in [0.4, 0.5) is 0 Å². The van der Waals surface area contributed by atoms with E-state index in [2.05, 4.69) is 21.9 Å². The Morgan fingerprint density at radius 1 is 1.13 bits per heavy atom. The summed E-state index contributed by atoms with van der Waals surface area (Å²) in [7, 11) is 0. The Morgan fingerprint density at radius 3 is 2.63 bits per heavy atom. The Hall–Kier alpha value is -3.74. The second-order valence-electron chi connectivity index (χ2n) is 7.17. The number of fused-ring (bicyclic) bond motifs is 1. The van der Waals surface area contributed by atoms with Crippen LogP contribution in [0, 0.1) is 0 Å². The third kappa shape index (κ3) is 3.74. The number of nitrogens with one attached hydrogen (secondary N) is 1. The van der Waals surface area contributed by atoms with Gasteiger partial charge in [0.1, 0.15) is 5.82 Å². The monoisotopic (exact) mass is 402 g/mol. The summed E-state index contributed by atoms with van der Waals surface area (Å²) in [5, 5.41) is 9.43. The summed E-state index contributed by atoms with van der Waals surface area (Å²) < 4.78 is 1.93. The van der Waals surface area contributed by atoms with E-state index in [-0.39, 0.29) is 11.1 Å². The molecule has 0 saturated heterocycles. The topological polar surface area (TPSA) is 101 Å². The maximum atomic E-state index is 12.4. The van der Waals surface area contributed by atoms with Gasteiger partial charge in [-0.05, 0) is 29.2 Å². The maximum Gasteiger partial charge on any atom is 0.336 e. The molecule has 0 aliphatic rings. The van der Waals surface area contributed by atoms with Crippen molar-refractivity contribution in [3.05, 3.63) is 82.2 Å². The first kappa shape index (κ1) is 19.6. The average Bonchev–Trinajstić information content (AvgIpc) is 3.11. The molecule has 2 N–H and O–H groups in total. The van der Waals surface area contributed by atoms with E-state index in [9.17, 15) is 14.7 Å². The fraction of sp³-hybridized carbons (Fsp3) is 0.217. The van der Waals surface area contributed by atoms with E-state index in [0.29, 0.717) is 23.3 Å². The number of carboxylic acid groups (broad SMARTS) is 1. The van der Waals surface area contributed by atoms with Crippen molar-refractivity contribution in [1.29, 1.82) is 0 Å². The highest BCUT2D eigenvalue weighted by Gasteiger charge is 2.15. The van der Waals surface area contributed by atoms with Crippen LogP contribution in [0.1, 0.15) is 41.5 Å². The van der Waals surface area contributed by atoms with E-state index in [0.717, 1.165) is 36.2 Å². The second kappa shape index (κ2) is 8.32. The molecule has 2 aromatic carbocycles. The highest BCUT2D eigenvalue weighted by molar-refractivity contribution is 5.96. The number of carbonyl (C=O) groups is 1. The van der Waals surface area contributed by atoms with Gasteiger partial charge < -0.3 is 14.7 Å². The predicted molar refractivity (Wildman–Crippen MR) is 115 cm³/mol. The van der Waals surface area contributed by atoms with E-state index >= 15 is 0 Å². The third-order valence-corrected chi connectivity index (χ3v) is 5.14. The summed E-state index contributed by atoms with van der Waals surface area (Å²) in [5.74, 6) is -0.108. The Kier molecular flexibility index (Phi) is 5.43. The summed E-state index contributed by atoms with van der Waals surface area (Å²) in [4.78, 5) is 35.3. The summed E-state index contributed by atoms with van der Waals surface area (Å²) in [6.07, 6.45) is 4.16. The molecule has 0 fully saturated rings. The maximum absolute atomic E-state index is 12.4. The number of benzene rings is 2. The minimum absolute atomic E-state index is 0.206. The number of hydrogen-bond acceptors (Lipinski definition) is 4. The van der Waals surface area contributed by atoms with Crippen LogP contribution in [0.25, 0.3) is 22.3 Å². The number of aromatic amines is 1. The van der Waals surface area contributed by atoms with Gasteiger partial charge in [0.05, 0.1) is 11.9 Å². The third-order valence-electron chi connectivity index (χ3n) is 5.14. The molecular formula is C23H22N4O3. The summed E-state index contributed by atoms with van der Waals surface area (Å²) in [5.41, 5.74) is 3.49. The molecule has 7 nitrogen and oxygen atoms in total. The van der Waals surface area contributed by atoms with Crippen molar-refractivity contribution in [2.24, 2.45) is 0 Å². The Balaban J connectivity index is 1.70. The second-order valence-corrected chi connectivity index (χ2v) is 7.17. The van der Waals surface area contributed by atoms with Gasteiger partial charge in [0.25, 0.3) is 5.56 Å². The number of imidazole rings is 1. The number of unbranched alkanes of at least 4 members (excludes halogenated alkanes) is 1. The first-order valence-electron chi connectivity index (χ1n) is 9.93. The lowest BCUT2D eigenvalue weighted by atomic mass is 9.99. The van der Waals surface area contributed by atoms with Crippen molar-refractivity contribution in [3.8, 4) is 11.1 Å². The van der Waals surface area contributed by atoms with Crippen LogP contribution in [-0.2, 0) is 13.0 Å². The molecule has 30 heavy (non-hydrogen) atoms. The van der Waals surface area contributed by atoms with Crippen molar-refractivity contribution in [2.75, 3.05) is 0 Å². The zero-order valence-electron chi connectivity index (χ0n) is 16.6. The lowest BCUT2D eigenvalue weighted by Gasteiger charge is -2.10. The molecule has 0 saturated carbocycles. The van der Waals surface area contributed by atoms with Gasteiger partial charge >= 0.3 is 5.97 Å². The average molecular weight is 402 g/mol. The lowest BCUT2D eigenvalue weighted by molar-refractivity contribution is 0.0697. The van der Waals surface area contributed by atoms with Gasteiger partial charge in [0, 0.05) is 13.0 Å². The summed E-state index contributed by atoms with van der Waals surface area (Å²) in [6.45, 7) is 2.61. The van der Waals surface area contributed by atoms with E-state index in [1.165, 1.54) is 6.33 Å². The Morgan fingerprint density at radius 2 is 1.90 bits per heavy atom.